The van der Waals surface area contributed by atoms with Crippen molar-refractivity contribution in [3.8, 4) is 11.8 Å². The summed E-state index contributed by atoms with van der Waals surface area (Å²) in [5, 5.41) is -0.0795. The second-order valence-electron chi connectivity index (χ2n) is 5.95. The largest absolute Gasteiger partial charge is 0.372 e. The van der Waals surface area contributed by atoms with Crippen molar-refractivity contribution in [2.45, 2.75) is 38.5 Å². The van der Waals surface area contributed by atoms with Crippen molar-refractivity contribution >= 4 is 16.9 Å². The van der Waals surface area contributed by atoms with Crippen LogP contribution in [0, 0.1) is 11.8 Å². The van der Waals surface area contributed by atoms with Crippen LogP contribution >= 0.6 is 11.8 Å². The van der Waals surface area contributed by atoms with E-state index in [4.69, 9.17) is 4.74 Å². The van der Waals surface area contributed by atoms with Crippen LogP contribution in [0.4, 0.5) is 0 Å². The molecule has 1 unspecified atom stereocenters. The van der Waals surface area contributed by atoms with Gasteiger partial charge in [-0.3, -0.25) is 9.69 Å². The number of rotatable bonds is 4. The molecule has 0 bridgehead atoms. The molecule has 1 saturated heterocycles. The first-order chi connectivity index (χ1) is 10.5. The number of hydrogen-bond donors (Lipinski definition) is 0. The second-order valence-corrected chi connectivity index (χ2v) is 6.73. The first-order valence-corrected chi connectivity index (χ1v) is 8.75. The predicted molar refractivity (Wildman–Crippen MR) is 91.6 cm³/mol. The highest BCUT2D eigenvalue weighted by molar-refractivity contribution is 8.13. The molecule has 1 aliphatic heterocycles. The summed E-state index contributed by atoms with van der Waals surface area (Å²) in [6, 6.07) is 10.2. The molecule has 0 N–H and O–H groups in total. The fourth-order valence-electron chi connectivity index (χ4n) is 2.49. The lowest BCUT2D eigenvalue weighted by molar-refractivity contribution is -0.106. The maximum atomic E-state index is 11.3. The predicted octanol–water partition coefficient (Wildman–Crippen LogP) is 2.95. The molecule has 4 heteroatoms. The molecule has 0 radical (unpaired) electrons. The number of carbonyl (C=O) groups is 1. The van der Waals surface area contributed by atoms with Gasteiger partial charge in [0.05, 0.1) is 18.2 Å². The number of carbonyl (C=O) groups excluding carboxylic acids is 1. The van der Waals surface area contributed by atoms with Crippen LogP contribution in [0.3, 0.4) is 0 Å². The van der Waals surface area contributed by atoms with Crippen LogP contribution in [0.2, 0.25) is 0 Å². The molecule has 2 rings (SSSR count). The zero-order chi connectivity index (χ0) is 16.0. The molecule has 1 aromatic rings. The topological polar surface area (TPSA) is 29.5 Å². The van der Waals surface area contributed by atoms with Gasteiger partial charge in [0.1, 0.15) is 0 Å². The minimum absolute atomic E-state index is 0.0795. The third-order valence-electron chi connectivity index (χ3n) is 3.92. The van der Waals surface area contributed by atoms with Crippen LogP contribution < -0.4 is 0 Å². The van der Waals surface area contributed by atoms with Crippen molar-refractivity contribution in [2.24, 2.45) is 0 Å². The summed E-state index contributed by atoms with van der Waals surface area (Å²) in [6.07, 6.45) is 3.00. The van der Waals surface area contributed by atoms with Gasteiger partial charge in [-0.25, -0.2) is 0 Å². The fraction of sp³-hybridized carbons (Fsp3) is 0.500. The summed E-state index contributed by atoms with van der Waals surface area (Å²) >= 11 is 1.16. The molecule has 22 heavy (non-hydrogen) atoms. The highest BCUT2D eigenvalue weighted by Crippen LogP contribution is 2.23. The summed E-state index contributed by atoms with van der Waals surface area (Å²) in [4.78, 5) is 13.6. The third-order valence-corrected chi connectivity index (χ3v) is 4.39. The molecule has 0 amide bonds. The first-order valence-electron chi connectivity index (χ1n) is 7.53. The molecule has 0 spiro atoms. The first kappa shape index (κ1) is 17.1. The Morgan fingerprint density at radius 3 is 2.82 bits per heavy atom. The summed E-state index contributed by atoms with van der Waals surface area (Å²) in [6.45, 7) is 6.59. The van der Waals surface area contributed by atoms with Gasteiger partial charge in [0, 0.05) is 13.1 Å². The van der Waals surface area contributed by atoms with Gasteiger partial charge in [0.25, 0.3) is 5.12 Å². The lowest BCUT2D eigenvalue weighted by Gasteiger charge is -2.30. The van der Waals surface area contributed by atoms with Gasteiger partial charge >= 0.3 is 0 Å². The van der Waals surface area contributed by atoms with Crippen molar-refractivity contribution in [1.29, 1.82) is 0 Å². The molecule has 1 fully saturated rings. The van der Waals surface area contributed by atoms with Crippen LogP contribution in [-0.2, 0) is 16.1 Å². The fourth-order valence-corrected chi connectivity index (χ4v) is 2.65. The summed E-state index contributed by atoms with van der Waals surface area (Å²) in [7, 11) is 0. The lowest BCUT2D eigenvalue weighted by atomic mass is 10.0. The summed E-state index contributed by atoms with van der Waals surface area (Å²) < 4.78 is 6.00. The maximum absolute atomic E-state index is 11.3. The molecule has 3 nitrogen and oxygen atoms in total. The Morgan fingerprint density at radius 2 is 2.14 bits per heavy atom. The summed E-state index contributed by atoms with van der Waals surface area (Å²) in [5.41, 5.74) is 0.904. The molecular formula is C18H23NO2S. The van der Waals surface area contributed by atoms with E-state index in [-0.39, 0.29) is 16.8 Å². The highest BCUT2D eigenvalue weighted by atomic mass is 32.2. The van der Waals surface area contributed by atoms with E-state index >= 15 is 0 Å². The molecule has 118 valence electrons. The van der Waals surface area contributed by atoms with E-state index in [1.54, 1.807) is 6.26 Å². The van der Waals surface area contributed by atoms with E-state index in [1.165, 1.54) is 5.56 Å². The maximum Gasteiger partial charge on any atom is 0.262 e. The molecule has 1 heterocycles. The Kier molecular flexibility index (Phi) is 6.07. The van der Waals surface area contributed by atoms with Gasteiger partial charge in [-0.1, -0.05) is 48.0 Å². The van der Waals surface area contributed by atoms with Crippen LogP contribution in [-0.4, -0.2) is 41.0 Å². The van der Waals surface area contributed by atoms with Gasteiger partial charge in [-0.05, 0) is 38.0 Å². The number of nitrogens with zero attached hydrogens (tertiary/aromatic N) is 1. The van der Waals surface area contributed by atoms with Crippen molar-refractivity contribution in [2.75, 3.05) is 19.3 Å². The monoisotopic (exact) mass is 317 g/mol. The summed E-state index contributed by atoms with van der Waals surface area (Å²) in [5.74, 6) is 5.81. The smallest absolute Gasteiger partial charge is 0.262 e. The number of ether oxygens (including phenoxy) is 1. The zero-order valence-corrected chi connectivity index (χ0v) is 14.3. The van der Waals surface area contributed by atoms with Gasteiger partial charge in [-0.2, -0.15) is 0 Å². The number of likely N-dealkylation sites (tertiary alicyclic amines) is 1. The minimum Gasteiger partial charge on any atom is -0.372 e. The van der Waals surface area contributed by atoms with Crippen LogP contribution in [0.15, 0.2) is 30.3 Å². The third kappa shape index (κ3) is 4.88. The van der Waals surface area contributed by atoms with E-state index in [9.17, 15) is 4.79 Å². The van der Waals surface area contributed by atoms with Crippen molar-refractivity contribution in [1.82, 2.24) is 4.90 Å². The van der Waals surface area contributed by atoms with Crippen LogP contribution in [0.5, 0.6) is 0 Å². The Bertz CT molecular complexity index is 559. The van der Waals surface area contributed by atoms with E-state index in [0.717, 1.165) is 31.3 Å². The van der Waals surface area contributed by atoms with Crippen molar-refractivity contribution < 1.29 is 9.53 Å². The molecule has 0 saturated carbocycles. The number of thioether (sulfide) groups is 1. The molecular weight excluding hydrogens is 294 g/mol. The van der Waals surface area contributed by atoms with Crippen molar-refractivity contribution in [3.63, 3.8) is 0 Å². The van der Waals surface area contributed by atoms with Gasteiger partial charge < -0.3 is 4.74 Å². The minimum atomic E-state index is -0.295. The molecule has 1 atom stereocenters. The standard InChI is InChI=1S/C18H23NO2S/c1-18(2,11-9-17(20)22-3)19-12-10-16(13-19)21-14-15-7-5-4-6-8-15/h4-8,16H,10,12-14H2,1-3H3. The van der Waals surface area contributed by atoms with Gasteiger partial charge in [0.2, 0.25) is 0 Å². The van der Waals surface area contributed by atoms with E-state index in [0.29, 0.717) is 6.61 Å². The van der Waals surface area contributed by atoms with Crippen LogP contribution in [0.1, 0.15) is 25.8 Å². The van der Waals surface area contributed by atoms with E-state index in [2.05, 4.69) is 42.7 Å². The Morgan fingerprint density at radius 1 is 1.41 bits per heavy atom. The quantitative estimate of drug-likeness (QED) is 0.799. The number of hydrogen-bond acceptors (Lipinski definition) is 4. The Labute approximate surface area is 137 Å². The average Bonchev–Trinajstić information content (AvgIpc) is 3.01. The average molecular weight is 317 g/mol. The van der Waals surface area contributed by atoms with Gasteiger partial charge in [-0.15, -0.1) is 0 Å². The van der Waals surface area contributed by atoms with E-state index in [1.807, 2.05) is 18.2 Å². The normalized spacial score (nSPS) is 18.8. The van der Waals surface area contributed by atoms with Crippen molar-refractivity contribution in [3.05, 3.63) is 35.9 Å². The SMILES string of the molecule is CSC(=O)C#CC(C)(C)N1CCC(OCc2ccccc2)C1. The molecule has 0 aliphatic carbocycles. The number of benzene rings is 1. The van der Waals surface area contributed by atoms with Gasteiger partial charge in [0.15, 0.2) is 0 Å². The molecule has 0 aromatic heterocycles. The lowest BCUT2D eigenvalue weighted by Crippen LogP contribution is -2.41. The van der Waals surface area contributed by atoms with Crippen LogP contribution in [0.25, 0.3) is 0 Å². The highest BCUT2D eigenvalue weighted by Gasteiger charge is 2.32. The Hall–Kier alpha value is -1.28. The Balaban J connectivity index is 1.86. The molecule has 1 aromatic carbocycles. The van der Waals surface area contributed by atoms with E-state index < -0.39 is 0 Å². The molecule has 1 aliphatic rings. The zero-order valence-electron chi connectivity index (χ0n) is 13.5. The second kappa shape index (κ2) is 7.82.